The lowest BCUT2D eigenvalue weighted by molar-refractivity contribution is -0.123. The first-order valence-electron chi connectivity index (χ1n) is 28.7. The van der Waals surface area contributed by atoms with E-state index in [-0.39, 0.29) is 12.5 Å². The zero-order chi connectivity index (χ0) is 45.6. The van der Waals surface area contributed by atoms with Gasteiger partial charge >= 0.3 is 0 Å². The molecule has 4 nitrogen and oxygen atoms in total. The summed E-state index contributed by atoms with van der Waals surface area (Å²) in [4.78, 5) is 12.4. The Kier molecular flexibility index (Phi) is 53.7. The molecule has 2 atom stereocenters. The van der Waals surface area contributed by atoms with Gasteiger partial charge in [0.1, 0.15) is 0 Å². The lowest BCUT2D eigenvalue weighted by atomic mass is 10.0. The third-order valence-corrected chi connectivity index (χ3v) is 13.3. The number of allylic oxidation sites excluding steroid dienone is 5. The van der Waals surface area contributed by atoms with Gasteiger partial charge < -0.3 is 15.5 Å². The summed E-state index contributed by atoms with van der Waals surface area (Å²) in [5.74, 6) is -0.0751. The second kappa shape index (κ2) is 54.9. The molecular formula is C59H113NO3. The molecule has 0 saturated carbocycles. The minimum absolute atomic E-state index is 0.0751. The Morgan fingerprint density at radius 2 is 0.619 bits per heavy atom. The van der Waals surface area contributed by atoms with Crippen molar-refractivity contribution in [3.63, 3.8) is 0 Å². The van der Waals surface area contributed by atoms with Crippen LogP contribution >= 0.6 is 0 Å². The monoisotopic (exact) mass is 884 g/mol. The molecule has 1 amide bonds. The molecule has 0 spiro atoms. The number of unbranched alkanes of at least 4 members (excludes halogenated alkanes) is 42. The number of carbonyl (C=O) groups is 1. The smallest absolute Gasteiger partial charge is 0.220 e. The van der Waals surface area contributed by atoms with Crippen molar-refractivity contribution in [3.05, 3.63) is 36.5 Å². The van der Waals surface area contributed by atoms with Crippen LogP contribution in [-0.2, 0) is 4.79 Å². The van der Waals surface area contributed by atoms with Crippen LogP contribution in [0.15, 0.2) is 36.5 Å². The molecule has 3 N–H and O–H groups in total. The van der Waals surface area contributed by atoms with Crippen LogP contribution in [0.2, 0.25) is 0 Å². The topological polar surface area (TPSA) is 69.6 Å². The Morgan fingerprint density at radius 3 is 0.921 bits per heavy atom. The highest BCUT2D eigenvalue weighted by Crippen LogP contribution is 2.17. The molecule has 63 heavy (non-hydrogen) atoms. The summed E-state index contributed by atoms with van der Waals surface area (Å²) in [6.07, 6.45) is 74.7. The highest BCUT2D eigenvalue weighted by Gasteiger charge is 2.18. The van der Waals surface area contributed by atoms with E-state index in [1.807, 2.05) is 6.08 Å². The maximum absolute atomic E-state index is 12.4. The average molecular weight is 885 g/mol. The molecule has 0 aromatic heterocycles. The lowest BCUT2D eigenvalue weighted by Crippen LogP contribution is -2.45. The third kappa shape index (κ3) is 51.5. The van der Waals surface area contributed by atoms with E-state index < -0.39 is 12.1 Å². The Morgan fingerprint density at radius 1 is 0.365 bits per heavy atom. The van der Waals surface area contributed by atoms with E-state index in [1.165, 1.54) is 263 Å². The molecule has 0 radical (unpaired) electrons. The van der Waals surface area contributed by atoms with Crippen molar-refractivity contribution in [2.75, 3.05) is 6.61 Å². The summed E-state index contributed by atoms with van der Waals surface area (Å²) in [6.45, 7) is 4.32. The molecule has 0 aliphatic heterocycles. The highest BCUT2D eigenvalue weighted by molar-refractivity contribution is 5.76. The van der Waals surface area contributed by atoms with Crippen molar-refractivity contribution in [2.45, 2.75) is 328 Å². The van der Waals surface area contributed by atoms with Crippen LogP contribution in [0, 0.1) is 0 Å². The summed E-state index contributed by atoms with van der Waals surface area (Å²) < 4.78 is 0. The summed E-state index contributed by atoms with van der Waals surface area (Å²) in [5.41, 5.74) is 0. The van der Waals surface area contributed by atoms with Crippen molar-refractivity contribution in [3.8, 4) is 0 Å². The maximum atomic E-state index is 12.4. The van der Waals surface area contributed by atoms with Gasteiger partial charge in [-0.05, 0) is 57.8 Å². The molecule has 0 rings (SSSR count). The Hall–Kier alpha value is -1.39. The minimum atomic E-state index is -0.864. The normalized spacial score (nSPS) is 13.0. The first kappa shape index (κ1) is 61.6. The van der Waals surface area contributed by atoms with Crippen LogP contribution in [0.4, 0.5) is 0 Å². The number of amides is 1. The largest absolute Gasteiger partial charge is 0.394 e. The van der Waals surface area contributed by atoms with Crippen LogP contribution in [0.3, 0.4) is 0 Å². The molecule has 4 heteroatoms. The lowest BCUT2D eigenvalue weighted by Gasteiger charge is -2.19. The van der Waals surface area contributed by atoms with Crippen molar-refractivity contribution in [1.29, 1.82) is 0 Å². The van der Waals surface area contributed by atoms with Gasteiger partial charge in [-0.25, -0.2) is 0 Å². The van der Waals surface area contributed by atoms with Crippen molar-refractivity contribution >= 4 is 5.91 Å². The van der Waals surface area contributed by atoms with Crippen LogP contribution in [0.5, 0.6) is 0 Å². The van der Waals surface area contributed by atoms with E-state index in [4.69, 9.17) is 0 Å². The van der Waals surface area contributed by atoms with Crippen LogP contribution < -0.4 is 5.32 Å². The van der Waals surface area contributed by atoms with Gasteiger partial charge in [0.15, 0.2) is 0 Å². The fourth-order valence-corrected chi connectivity index (χ4v) is 8.96. The van der Waals surface area contributed by atoms with E-state index in [0.29, 0.717) is 6.42 Å². The molecule has 0 aliphatic carbocycles. The SMILES string of the molecule is CCCCCCCCC/C=C\CCCCCCCCCC(=O)NC(CO)C(O)/C=C/CC/C=C/CCCCCCCCCCCCCCCCCCCCCCCCCCCCC. The molecule has 2 unspecified atom stereocenters. The molecule has 0 bridgehead atoms. The van der Waals surface area contributed by atoms with Crippen molar-refractivity contribution < 1.29 is 15.0 Å². The fourth-order valence-electron chi connectivity index (χ4n) is 8.96. The van der Waals surface area contributed by atoms with E-state index in [2.05, 4.69) is 43.5 Å². The summed E-state index contributed by atoms with van der Waals surface area (Å²) in [6, 6.07) is -0.641. The zero-order valence-corrected chi connectivity index (χ0v) is 42.9. The van der Waals surface area contributed by atoms with Crippen molar-refractivity contribution in [2.24, 2.45) is 0 Å². The van der Waals surface area contributed by atoms with Crippen LogP contribution in [-0.4, -0.2) is 34.9 Å². The van der Waals surface area contributed by atoms with E-state index in [1.54, 1.807) is 6.08 Å². The molecule has 0 saturated heterocycles. The van der Waals surface area contributed by atoms with Gasteiger partial charge in [-0.1, -0.05) is 288 Å². The van der Waals surface area contributed by atoms with E-state index in [0.717, 1.165) is 32.1 Å². The predicted molar refractivity (Wildman–Crippen MR) is 281 cm³/mol. The Bertz CT molecular complexity index is 958. The Balaban J connectivity index is 3.48. The molecule has 0 aromatic rings. The zero-order valence-electron chi connectivity index (χ0n) is 42.9. The summed E-state index contributed by atoms with van der Waals surface area (Å²) in [7, 11) is 0. The number of rotatable bonds is 53. The second-order valence-corrected chi connectivity index (χ2v) is 19.7. The number of aliphatic hydroxyl groups is 2. The molecule has 372 valence electrons. The van der Waals surface area contributed by atoms with Gasteiger partial charge in [-0.15, -0.1) is 0 Å². The number of aliphatic hydroxyl groups excluding tert-OH is 2. The quantitative estimate of drug-likeness (QED) is 0.0421. The second-order valence-electron chi connectivity index (χ2n) is 19.7. The highest BCUT2D eigenvalue weighted by atomic mass is 16.3. The maximum Gasteiger partial charge on any atom is 0.220 e. The fraction of sp³-hybridized carbons (Fsp3) is 0.881. The number of hydrogen-bond acceptors (Lipinski definition) is 3. The Labute approximate surface area is 395 Å². The standard InChI is InChI=1S/C59H113NO3/c1-3-5-7-9-11-13-15-17-19-21-23-24-25-26-27-28-29-30-31-32-33-34-35-36-37-38-40-42-44-46-48-50-52-54-58(62)57(56-61)60-59(63)55-53-51-49-47-45-43-41-39-22-20-18-16-14-12-10-8-6-4-2/h20,22,44,46,52,54,57-58,61-62H,3-19,21,23-43,45,47-51,53,55-56H2,1-2H3,(H,60,63)/b22-20-,46-44+,54-52+. The van der Waals surface area contributed by atoms with Gasteiger partial charge in [0.2, 0.25) is 5.91 Å². The van der Waals surface area contributed by atoms with Crippen LogP contribution in [0.25, 0.3) is 0 Å². The molecule has 0 aliphatic rings. The van der Waals surface area contributed by atoms with E-state index >= 15 is 0 Å². The summed E-state index contributed by atoms with van der Waals surface area (Å²) >= 11 is 0. The molecule has 0 fully saturated rings. The van der Waals surface area contributed by atoms with Crippen LogP contribution in [0.1, 0.15) is 316 Å². The van der Waals surface area contributed by atoms with E-state index in [9.17, 15) is 15.0 Å². The number of carbonyl (C=O) groups excluding carboxylic acids is 1. The molecule has 0 heterocycles. The predicted octanol–water partition coefficient (Wildman–Crippen LogP) is 18.9. The summed E-state index contributed by atoms with van der Waals surface area (Å²) in [5, 5.41) is 23.1. The average Bonchev–Trinajstić information content (AvgIpc) is 3.29. The number of nitrogens with one attached hydrogen (secondary N) is 1. The third-order valence-electron chi connectivity index (χ3n) is 13.3. The molecular weight excluding hydrogens is 771 g/mol. The van der Waals surface area contributed by atoms with Gasteiger partial charge in [-0.3, -0.25) is 4.79 Å². The number of hydrogen-bond donors (Lipinski definition) is 3. The molecule has 0 aromatic carbocycles. The van der Waals surface area contributed by atoms with Gasteiger partial charge in [0.05, 0.1) is 18.8 Å². The van der Waals surface area contributed by atoms with Gasteiger partial charge in [0.25, 0.3) is 0 Å². The first-order chi connectivity index (χ1) is 31.2. The minimum Gasteiger partial charge on any atom is -0.394 e. The van der Waals surface area contributed by atoms with Crippen molar-refractivity contribution in [1.82, 2.24) is 5.32 Å². The first-order valence-corrected chi connectivity index (χ1v) is 28.7. The van der Waals surface area contributed by atoms with Gasteiger partial charge in [-0.2, -0.15) is 0 Å². The van der Waals surface area contributed by atoms with Gasteiger partial charge in [0, 0.05) is 6.42 Å².